The van der Waals surface area contributed by atoms with Crippen molar-refractivity contribution in [2.24, 2.45) is 11.8 Å². The van der Waals surface area contributed by atoms with Gasteiger partial charge in [-0.05, 0) is 30.5 Å². The summed E-state index contributed by atoms with van der Waals surface area (Å²) in [6.45, 7) is 0.471. The maximum absolute atomic E-state index is 12.5. The van der Waals surface area contributed by atoms with Crippen LogP contribution in [0.4, 0.5) is 0 Å². The number of hydrogen-bond donors (Lipinski definition) is 1. The van der Waals surface area contributed by atoms with Gasteiger partial charge in [0.25, 0.3) is 0 Å². The van der Waals surface area contributed by atoms with Gasteiger partial charge in [-0.15, -0.1) is 0 Å². The van der Waals surface area contributed by atoms with Gasteiger partial charge >= 0.3 is 5.97 Å². The fraction of sp³-hybridized carbons (Fsp3) is 0.500. The van der Waals surface area contributed by atoms with Gasteiger partial charge in [0.1, 0.15) is 0 Å². The summed E-state index contributed by atoms with van der Waals surface area (Å²) >= 11 is 5.84. The minimum atomic E-state index is -0.854. The van der Waals surface area contributed by atoms with Crippen molar-refractivity contribution in [3.05, 3.63) is 34.9 Å². The number of benzene rings is 1. The second-order valence-corrected chi connectivity index (χ2v) is 6.09. The number of halogens is 1. The van der Waals surface area contributed by atoms with E-state index in [9.17, 15) is 14.7 Å². The molecule has 1 saturated carbocycles. The van der Waals surface area contributed by atoms with Crippen molar-refractivity contribution in [2.45, 2.75) is 32.2 Å². The van der Waals surface area contributed by atoms with E-state index in [1.807, 2.05) is 12.1 Å². The lowest BCUT2D eigenvalue weighted by Gasteiger charge is -2.31. The van der Waals surface area contributed by atoms with Crippen LogP contribution in [0.3, 0.4) is 0 Å². The minimum Gasteiger partial charge on any atom is -0.481 e. The molecule has 114 valence electrons. The van der Waals surface area contributed by atoms with Crippen molar-refractivity contribution in [3.63, 3.8) is 0 Å². The van der Waals surface area contributed by atoms with E-state index >= 15 is 0 Å². The van der Waals surface area contributed by atoms with Gasteiger partial charge in [-0.3, -0.25) is 9.59 Å². The Kier molecular flexibility index (Phi) is 5.23. The summed E-state index contributed by atoms with van der Waals surface area (Å²) in [5, 5.41) is 9.93. The molecule has 0 aromatic heterocycles. The van der Waals surface area contributed by atoms with Crippen molar-refractivity contribution in [1.29, 1.82) is 0 Å². The van der Waals surface area contributed by atoms with Gasteiger partial charge in [0.05, 0.1) is 11.8 Å². The standard InChI is InChI=1S/C16H20ClNO3/c1-18(10-11-6-8-12(17)9-7-11)15(19)13-4-2-3-5-14(13)16(20)21/h6-9,13-14H,2-5,10H2,1H3,(H,20,21). The minimum absolute atomic E-state index is 0.0722. The number of hydrogen-bond acceptors (Lipinski definition) is 2. The fourth-order valence-electron chi connectivity index (χ4n) is 2.95. The molecule has 21 heavy (non-hydrogen) atoms. The van der Waals surface area contributed by atoms with Crippen LogP contribution >= 0.6 is 11.6 Å². The number of carbonyl (C=O) groups is 2. The number of amides is 1. The molecule has 1 aliphatic carbocycles. The van der Waals surface area contributed by atoms with Gasteiger partial charge < -0.3 is 10.0 Å². The number of carboxylic acid groups (broad SMARTS) is 1. The molecule has 5 heteroatoms. The van der Waals surface area contributed by atoms with Gasteiger partial charge in [0, 0.05) is 18.6 Å². The van der Waals surface area contributed by atoms with Crippen LogP contribution in [0.15, 0.2) is 24.3 Å². The van der Waals surface area contributed by atoms with E-state index in [1.165, 1.54) is 0 Å². The Hall–Kier alpha value is -1.55. The predicted molar refractivity (Wildman–Crippen MR) is 81.0 cm³/mol. The summed E-state index contributed by atoms with van der Waals surface area (Å²) in [5.74, 6) is -1.86. The summed E-state index contributed by atoms with van der Waals surface area (Å²) in [7, 11) is 1.73. The smallest absolute Gasteiger partial charge is 0.307 e. The first kappa shape index (κ1) is 15.8. The first-order chi connectivity index (χ1) is 9.99. The van der Waals surface area contributed by atoms with E-state index in [0.29, 0.717) is 24.4 Å². The highest BCUT2D eigenvalue weighted by Gasteiger charge is 2.36. The average Bonchev–Trinajstić information content (AvgIpc) is 2.48. The molecule has 1 fully saturated rings. The van der Waals surface area contributed by atoms with E-state index < -0.39 is 17.8 Å². The van der Waals surface area contributed by atoms with Gasteiger partial charge in [0.15, 0.2) is 0 Å². The van der Waals surface area contributed by atoms with Crippen molar-refractivity contribution in [3.8, 4) is 0 Å². The zero-order valence-corrected chi connectivity index (χ0v) is 12.8. The second-order valence-electron chi connectivity index (χ2n) is 5.66. The molecular weight excluding hydrogens is 290 g/mol. The predicted octanol–water partition coefficient (Wildman–Crippen LogP) is 3.19. The lowest BCUT2D eigenvalue weighted by atomic mass is 9.78. The highest BCUT2D eigenvalue weighted by molar-refractivity contribution is 6.30. The third-order valence-electron chi connectivity index (χ3n) is 4.11. The van der Waals surface area contributed by atoms with Crippen LogP contribution in [0, 0.1) is 11.8 Å². The summed E-state index contributed by atoms with van der Waals surface area (Å²) in [4.78, 5) is 25.4. The SMILES string of the molecule is CN(Cc1ccc(Cl)cc1)C(=O)C1CCCCC1C(=O)O. The molecule has 0 heterocycles. The van der Waals surface area contributed by atoms with Crippen LogP contribution in [0.5, 0.6) is 0 Å². The molecule has 2 rings (SSSR count). The second kappa shape index (κ2) is 6.94. The van der Waals surface area contributed by atoms with Crippen LogP contribution in [0.2, 0.25) is 5.02 Å². The van der Waals surface area contributed by atoms with Crippen LogP contribution in [0.25, 0.3) is 0 Å². The molecule has 0 bridgehead atoms. The molecule has 2 atom stereocenters. The van der Waals surface area contributed by atoms with Crippen molar-refractivity contribution in [1.82, 2.24) is 4.90 Å². The quantitative estimate of drug-likeness (QED) is 0.929. The first-order valence-electron chi connectivity index (χ1n) is 7.21. The molecule has 0 aliphatic heterocycles. The first-order valence-corrected chi connectivity index (χ1v) is 7.59. The monoisotopic (exact) mass is 309 g/mol. The number of nitrogens with zero attached hydrogens (tertiary/aromatic N) is 1. The normalized spacial score (nSPS) is 21.8. The Morgan fingerprint density at radius 3 is 2.33 bits per heavy atom. The average molecular weight is 310 g/mol. The van der Waals surface area contributed by atoms with Crippen molar-refractivity contribution < 1.29 is 14.7 Å². The Labute approximate surface area is 129 Å². The summed E-state index contributed by atoms with van der Waals surface area (Å²) < 4.78 is 0. The number of carboxylic acids is 1. The maximum atomic E-state index is 12.5. The molecular formula is C16H20ClNO3. The van der Waals surface area contributed by atoms with E-state index in [-0.39, 0.29) is 5.91 Å². The molecule has 1 aromatic rings. The molecule has 0 saturated heterocycles. The Bertz CT molecular complexity index is 515. The number of carbonyl (C=O) groups excluding carboxylic acids is 1. The zero-order valence-electron chi connectivity index (χ0n) is 12.1. The lowest BCUT2D eigenvalue weighted by molar-refractivity contribution is -0.152. The summed E-state index contributed by atoms with van der Waals surface area (Å²) in [5.41, 5.74) is 0.984. The largest absolute Gasteiger partial charge is 0.481 e. The summed E-state index contributed by atoms with van der Waals surface area (Å²) in [6, 6.07) is 7.33. The zero-order chi connectivity index (χ0) is 15.4. The molecule has 1 N–H and O–H groups in total. The molecule has 1 aromatic carbocycles. The van der Waals surface area contributed by atoms with Crippen molar-refractivity contribution in [2.75, 3.05) is 7.05 Å². The third-order valence-corrected chi connectivity index (χ3v) is 4.36. The van der Waals surface area contributed by atoms with Gasteiger partial charge in [0.2, 0.25) is 5.91 Å². The highest BCUT2D eigenvalue weighted by Crippen LogP contribution is 2.31. The molecule has 0 spiro atoms. The lowest BCUT2D eigenvalue weighted by Crippen LogP contribution is -2.40. The third kappa shape index (κ3) is 3.97. The fourth-order valence-corrected chi connectivity index (χ4v) is 3.07. The van der Waals surface area contributed by atoms with E-state index in [1.54, 1.807) is 24.1 Å². The summed E-state index contributed by atoms with van der Waals surface area (Å²) in [6.07, 6.45) is 3.08. The van der Waals surface area contributed by atoms with Gasteiger partial charge in [-0.25, -0.2) is 0 Å². The maximum Gasteiger partial charge on any atom is 0.307 e. The van der Waals surface area contributed by atoms with Gasteiger partial charge in [-0.2, -0.15) is 0 Å². The molecule has 1 amide bonds. The van der Waals surface area contributed by atoms with E-state index in [2.05, 4.69) is 0 Å². The Morgan fingerprint density at radius 1 is 1.19 bits per heavy atom. The Morgan fingerprint density at radius 2 is 1.76 bits per heavy atom. The van der Waals surface area contributed by atoms with Crippen LogP contribution in [-0.4, -0.2) is 28.9 Å². The molecule has 0 radical (unpaired) electrons. The number of rotatable bonds is 4. The number of aliphatic carboxylic acids is 1. The highest BCUT2D eigenvalue weighted by atomic mass is 35.5. The molecule has 4 nitrogen and oxygen atoms in total. The van der Waals surface area contributed by atoms with Crippen LogP contribution in [-0.2, 0) is 16.1 Å². The topological polar surface area (TPSA) is 57.6 Å². The van der Waals surface area contributed by atoms with Crippen molar-refractivity contribution >= 4 is 23.5 Å². The van der Waals surface area contributed by atoms with Crippen LogP contribution < -0.4 is 0 Å². The van der Waals surface area contributed by atoms with Crippen LogP contribution in [0.1, 0.15) is 31.2 Å². The Balaban J connectivity index is 2.03. The van der Waals surface area contributed by atoms with E-state index in [0.717, 1.165) is 18.4 Å². The molecule has 2 unspecified atom stereocenters. The van der Waals surface area contributed by atoms with Gasteiger partial charge in [-0.1, -0.05) is 36.6 Å². The molecule has 1 aliphatic rings. The van der Waals surface area contributed by atoms with E-state index in [4.69, 9.17) is 11.6 Å².